The molecule has 0 saturated carbocycles. The Labute approximate surface area is 125 Å². The van der Waals surface area contributed by atoms with Crippen LogP contribution in [0.5, 0.6) is 5.75 Å². The fourth-order valence-corrected chi connectivity index (χ4v) is 1.92. The van der Waals surface area contributed by atoms with E-state index in [1.165, 1.54) is 12.1 Å². The molecule has 3 N–H and O–H groups in total. The summed E-state index contributed by atoms with van der Waals surface area (Å²) >= 11 is 4.82. The van der Waals surface area contributed by atoms with Crippen molar-refractivity contribution in [2.75, 3.05) is 5.32 Å². The first-order valence-corrected chi connectivity index (χ1v) is 6.59. The van der Waals surface area contributed by atoms with Crippen molar-refractivity contribution < 1.29 is 22.7 Å². The maximum atomic E-state index is 12.1. The molecule has 0 aliphatic heterocycles. The molecular formula is C13H15F3N2O2S. The van der Waals surface area contributed by atoms with Gasteiger partial charge in [-0.25, -0.2) is 0 Å². The molecule has 1 aromatic carbocycles. The molecule has 0 aromatic heterocycles. The third kappa shape index (κ3) is 5.99. The fraction of sp³-hybridized carbons (Fsp3) is 0.385. The van der Waals surface area contributed by atoms with E-state index < -0.39 is 23.9 Å². The fourth-order valence-electron chi connectivity index (χ4n) is 1.69. The van der Waals surface area contributed by atoms with Gasteiger partial charge in [0.15, 0.2) is 0 Å². The van der Waals surface area contributed by atoms with E-state index in [0.717, 1.165) is 12.1 Å². The number of hydrogen-bond donors (Lipinski definition) is 2. The van der Waals surface area contributed by atoms with Crippen LogP contribution in [-0.4, -0.2) is 17.3 Å². The van der Waals surface area contributed by atoms with Gasteiger partial charge in [0.2, 0.25) is 5.91 Å². The Kier molecular flexibility index (Phi) is 5.95. The highest BCUT2D eigenvalue weighted by atomic mass is 32.1. The first kappa shape index (κ1) is 17.2. The lowest BCUT2D eigenvalue weighted by atomic mass is 10.0. The molecule has 0 bridgehead atoms. The van der Waals surface area contributed by atoms with Crippen LogP contribution in [-0.2, 0) is 4.79 Å². The van der Waals surface area contributed by atoms with Crippen molar-refractivity contribution in [3.63, 3.8) is 0 Å². The number of carbonyl (C=O) groups is 1. The summed E-state index contributed by atoms with van der Waals surface area (Å²) in [4.78, 5) is 12.1. The highest BCUT2D eigenvalue weighted by molar-refractivity contribution is 7.80. The topological polar surface area (TPSA) is 64.3 Å². The molecule has 21 heavy (non-hydrogen) atoms. The van der Waals surface area contributed by atoms with Crippen molar-refractivity contribution in [3.05, 3.63) is 24.3 Å². The Bertz CT molecular complexity index is 520. The second-order valence-corrected chi connectivity index (χ2v) is 4.78. The summed E-state index contributed by atoms with van der Waals surface area (Å²) < 4.78 is 40.2. The van der Waals surface area contributed by atoms with Crippen LogP contribution in [0.4, 0.5) is 18.9 Å². The van der Waals surface area contributed by atoms with Gasteiger partial charge < -0.3 is 15.8 Å². The highest BCUT2D eigenvalue weighted by Gasteiger charge is 2.31. The van der Waals surface area contributed by atoms with Crippen LogP contribution in [0.2, 0.25) is 0 Å². The highest BCUT2D eigenvalue weighted by Crippen LogP contribution is 2.25. The maximum Gasteiger partial charge on any atom is 0.573 e. The van der Waals surface area contributed by atoms with Crippen LogP contribution in [0.1, 0.15) is 19.8 Å². The molecule has 1 atom stereocenters. The van der Waals surface area contributed by atoms with Crippen LogP contribution < -0.4 is 15.8 Å². The second-order valence-electron chi connectivity index (χ2n) is 4.31. The second kappa shape index (κ2) is 7.26. The van der Waals surface area contributed by atoms with Gasteiger partial charge in [0.05, 0.1) is 10.9 Å². The van der Waals surface area contributed by atoms with Crippen molar-refractivity contribution in [3.8, 4) is 5.75 Å². The smallest absolute Gasteiger partial charge is 0.406 e. The van der Waals surface area contributed by atoms with Gasteiger partial charge in [-0.3, -0.25) is 4.79 Å². The standard InChI is InChI=1S/C13H15F3N2O2S/c1-2-4-10(11(17)21)12(19)18-8-5-3-6-9(7-8)20-13(14,15)16/h3,5-7,10H,2,4H2,1H3,(H2,17,21)(H,18,19). The summed E-state index contributed by atoms with van der Waals surface area (Å²) in [5.41, 5.74) is 5.67. The van der Waals surface area contributed by atoms with Crippen LogP contribution in [0, 0.1) is 5.92 Å². The summed E-state index contributed by atoms with van der Waals surface area (Å²) in [7, 11) is 0. The number of ether oxygens (including phenoxy) is 1. The molecular weight excluding hydrogens is 305 g/mol. The lowest BCUT2D eigenvalue weighted by Gasteiger charge is -2.15. The van der Waals surface area contributed by atoms with E-state index in [0.29, 0.717) is 12.8 Å². The number of benzene rings is 1. The van der Waals surface area contributed by atoms with E-state index in [1.54, 1.807) is 0 Å². The molecule has 0 spiro atoms. The predicted molar refractivity (Wildman–Crippen MR) is 76.9 cm³/mol. The number of nitrogens with two attached hydrogens (primary N) is 1. The minimum absolute atomic E-state index is 0.0528. The quantitative estimate of drug-likeness (QED) is 0.790. The Morgan fingerprint density at radius 3 is 2.67 bits per heavy atom. The molecule has 0 fully saturated rings. The van der Waals surface area contributed by atoms with Gasteiger partial charge in [0, 0.05) is 11.8 Å². The summed E-state index contributed by atoms with van der Waals surface area (Å²) in [6.07, 6.45) is -3.61. The van der Waals surface area contributed by atoms with Gasteiger partial charge in [-0.2, -0.15) is 0 Å². The first-order chi connectivity index (χ1) is 9.73. The van der Waals surface area contributed by atoms with Crippen LogP contribution in [0.15, 0.2) is 24.3 Å². The first-order valence-electron chi connectivity index (χ1n) is 6.19. The number of halogens is 3. The lowest BCUT2D eigenvalue weighted by molar-refractivity contribution is -0.274. The van der Waals surface area contributed by atoms with Gasteiger partial charge in [-0.15, -0.1) is 13.2 Å². The van der Waals surface area contributed by atoms with E-state index in [1.807, 2.05) is 6.92 Å². The summed E-state index contributed by atoms with van der Waals surface area (Å²) in [6, 6.07) is 5.00. The van der Waals surface area contributed by atoms with Crippen LogP contribution >= 0.6 is 12.2 Å². The summed E-state index contributed by atoms with van der Waals surface area (Å²) in [6.45, 7) is 1.87. The van der Waals surface area contributed by atoms with Crippen LogP contribution in [0.25, 0.3) is 0 Å². The van der Waals surface area contributed by atoms with Crippen molar-refractivity contribution in [2.45, 2.75) is 26.1 Å². The van der Waals surface area contributed by atoms with E-state index >= 15 is 0 Å². The number of hydrogen-bond acceptors (Lipinski definition) is 3. The van der Waals surface area contributed by atoms with Crippen molar-refractivity contribution >= 4 is 28.8 Å². The summed E-state index contributed by atoms with van der Waals surface area (Å²) in [5, 5.41) is 2.48. The molecule has 116 valence electrons. The molecule has 1 unspecified atom stereocenters. The van der Waals surface area contributed by atoms with Crippen LogP contribution in [0.3, 0.4) is 0 Å². The number of amides is 1. The molecule has 1 rings (SSSR count). The number of rotatable bonds is 6. The minimum Gasteiger partial charge on any atom is -0.406 e. The van der Waals surface area contributed by atoms with Gasteiger partial charge in [0.1, 0.15) is 5.75 Å². The van der Waals surface area contributed by atoms with E-state index in [-0.39, 0.29) is 10.7 Å². The third-order valence-corrected chi connectivity index (χ3v) is 2.86. The number of nitrogens with one attached hydrogen (secondary N) is 1. The van der Waals surface area contributed by atoms with Crippen molar-refractivity contribution in [1.82, 2.24) is 0 Å². The molecule has 0 aliphatic carbocycles. The summed E-state index contributed by atoms with van der Waals surface area (Å²) in [5.74, 6) is -1.52. The average molecular weight is 320 g/mol. The number of carbonyl (C=O) groups excluding carboxylic acids is 1. The Balaban J connectivity index is 2.80. The molecule has 1 aromatic rings. The predicted octanol–water partition coefficient (Wildman–Crippen LogP) is 3.23. The Morgan fingerprint density at radius 1 is 1.48 bits per heavy atom. The molecule has 0 radical (unpaired) electrons. The third-order valence-electron chi connectivity index (χ3n) is 2.57. The molecule has 0 heterocycles. The molecule has 0 aliphatic rings. The molecule has 8 heteroatoms. The minimum atomic E-state index is -4.79. The molecule has 4 nitrogen and oxygen atoms in total. The SMILES string of the molecule is CCCC(C(=O)Nc1cccc(OC(F)(F)F)c1)C(N)=S. The van der Waals surface area contributed by atoms with Crippen molar-refractivity contribution in [2.24, 2.45) is 11.7 Å². The Hall–Kier alpha value is -1.83. The van der Waals surface area contributed by atoms with Gasteiger partial charge >= 0.3 is 6.36 Å². The maximum absolute atomic E-state index is 12.1. The zero-order valence-corrected chi connectivity index (χ0v) is 12.1. The van der Waals surface area contributed by atoms with E-state index in [2.05, 4.69) is 10.1 Å². The zero-order valence-electron chi connectivity index (χ0n) is 11.2. The number of thiocarbonyl (C=S) groups is 1. The van der Waals surface area contributed by atoms with E-state index in [9.17, 15) is 18.0 Å². The monoisotopic (exact) mass is 320 g/mol. The number of anilines is 1. The lowest BCUT2D eigenvalue weighted by Crippen LogP contribution is -2.33. The normalized spacial score (nSPS) is 12.6. The van der Waals surface area contributed by atoms with Crippen molar-refractivity contribution in [1.29, 1.82) is 0 Å². The zero-order chi connectivity index (χ0) is 16.0. The van der Waals surface area contributed by atoms with E-state index in [4.69, 9.17) is 18.0 Å². The Morgan fingerprint density at radius 2 is 2.14 bits per heavy atom. The van der Waals surface area contributed by atoms with Gasteiger partial charge in [0.25, 0.3) is 0 Å². The molecule has 0 saturated heterocycles. The largest absolute Gasteiger partial charge is 0.573 e. The number of alkyl halides is 3. The average Bonchev–Trinajstić information content (AvgIpc) is 2.33. The van der Waals surface area contributed by atoms with Gasteiger partial charge in [-0.1, -0.05) is 31.6 Å². The van der Waals surface area contributed by atoms with Gasteiger partial charge in [-0.05, 0) is 18.6 Å². The molecule has 1 amide bonds.